The van der Waals surface area contributed by atoms with Crippen LogP contribution in [0.25, 0.3) is 10.8 Å². The lowest BCUT2D eigenvalue weighted by atomic mass is 10.00. The van der Waals surface area contributed by atoms with Crippen LogP contribution in [-0.4, -0.2) is 45.4 Å². The first kappa shape index (κ1) is 19.4. The lowest BCUT2D eigenvalue weighted by Gasteiger charge is -2.15. The molecule has 138 valence electrons. The van der Waals surface area contributed by atoms with Gasteiger partial charge in [-0.25, -0.2) is 9.59 Å². The van der Waals surface area contributed by atoms with Crippen molar-refractivity contribution in [1.82, 2.24) is 0 Å². The lowest BCUT2D eigenvalue weighted by molar-refractivity contribution is -0.164. The molecule has 2 rings (SSSR count). The Hall–Kier alpha value is -2.93. The van der Waals surface area contributed by atoms with Crippen LogP contribution in [0.5, 0.6) is 0 Å². The maximum atomic E-state index is 11.8. The van der Waals surface area contributed by atoms with Crippen molar-refractivity contribution < 1.29 is 34.4 Å². The van der Waals surface area contributed by atoms with Gasteiger partial charge in [-0.05, 0) is 29.2 Å². The Morgan fingerprint density at radius 1 is 0.962 bits per heavy atom. The van der Waals surface area contributed by atoms with Crippen molar-refractivity contribution in [3.05, 3.63) is 48.0 Å². The van der Waals surface area contributed by atoms with E-state index in [1.807, 2.05) is 36.4 Å². The lowest BCUT2D eigenvalue weighted by Crippen LogP contribution is -2.29. The third-order valence-corrected chi connectivity index (χ3v) is 3.98. The molecule has 2 unspecified atom stereocenters. The molecule has 0 fully saturated rings. The highest BCUT2D eigenvalue weighted by atomic mass is 16.6. The van der Waals surface area contributed by atoms with E-state index in [2.05, 4.69) is 0 Å². The molecule has 0 saturated heterocycles. The van der Waals surface area contributed by atoms with Crippen LogP contribution in [0, 0.1) is 0 Å². The normalized spacial score (nSPS) is 13.1. The number of hydrogen-bond donors (Lipinski definition) is 3. The van der Waals surface area contributed by atoms with E-state index in [1.54, 1.807) is 6.07 Å². The minimum Gasteiger partial charge on any atom is -0.479 e. The first-order chi connectivity index (χ1) is 12.4. The first-order valence-corrected chi connectivity index (χ1v) is 8.18. The van der Waals surface area contributed by atoms with Gasteiger partial charge >= 0.3 is 17.9 Å². The number of aliphatic hydroxyl groups is 1. The van der Waals surface area contributed by atoms with Crippen molar-refractivity contribution in [3.63, 3.8) is 0 Å². The molecule has 0 aromatic heterocycles. The summed E-state index contributed by atoms with van der Waals surface area (Å²) in [5, 5.41) is 28.9. The molecular weight excluding hydrogens is 340 g/mol. The Morgan fingerprint density at radius 3 is 2.35 bits per heavy atom. The molecule has 2 atom stereocenters. The summed E-state index contributed by atoms with van der Waals surface area (Å²) < 4.78 is 5.04. The fraction of sp³-hybridized carbons (Fsp3) is 0.316. The molecule has 3 N–H and O–H groups in total. The highest BCUT2D eigenvalue weighted by Gasteiger charge is 2.24. The van der Waals surface area contributed by atoms with E-state index in [4.69, 9.17) is 14.9 Å². The van der Waals surface area contributed by atoms with Gasteiger partial charge in [-0.15, -0.1) is 0 Å². The molecule has 0 aliphatic rings. The monoisotopic (exact) mass is 360 g/mol. The number of fused-ring (bicyclic) bond motifs is 1. The van der Waals surface area contributed by atoms with Gasteiger partial charge in [0.1, 0.15) is 0 Å². The van der Waals surface area contributed by atoms with Gasteiger partial charge in [0.25, 0.3) is 0 Å². The maximum Gasteiger partial charge on any atom is 0.345 e. The topological polar surface area (TPSA) is 121 Å². The van der Waals surface area contributed by atoms with Gasteiger partial charge in [-0.1, -0.05) is 42.5 Å². The van der Waals surface area contributed by atoms with Crippen LogP contribution in [-0.2, 0) is 25.5 Å². The predicted molar refractivity (Wildman–Crippen MR) is 92.7 cm³/mol. The molecule has 2 aromatic carbocycles. The largest absolute Gasteiger partial charge is 0.479 e. The summed E-state index contributed by atoms with van der Waals surface area (Å²) in [6, 6.07) is 13.0. The smallest absolute Gasteiger partial charge is 0.345 e. The average molecular weight is 360 g/mol. The molecule has 7 nitrogen and oxygen atoms in total. The number of carbonyl (C=O) groups is 3. The maximum absolute atomic E-state index is 11.8. The van der Waals surface area contributed by atoms with E-state index in [0.29, 0.717) is 0 Å². The van der Waals surface area contributed by atoms with Crippen LogP contribution >= 0.6 is 0 Å². The molecule has 0 spiro atoms. The molecule has 0 radical (unpaired) electrons. The average Bonchev–Trinajstić information content (AvgIpc) is 2.61. The molecule has 0 heterocycles. The number of carbonyl (C=O) groups excluding carboxylic acids is 1. The first-order valence-electron chi connectivity index (χ1n) is 8.18. The fourth-order valence-electron chi connectivity index (χ4n) is 2.63. The number of rotatable bonds is 9. The Morgan fingerprint density at radius 2 is 1.65 bits per heavy atom. The van der Waals surface area contributed by atoms with E-state index < -0.39 is 30.1 Å². The van der Waals surface area contributed by atoms with Gasteiger partial charge in [0, 0.05) is 12.8 Å². The molecule has 0 aliphatic heterocycles. The number of esters is 1. The molecular formula is C19H20O7. The van der Waals surface area contributed by atoms with Gasteiger partial charge in [0.2, 0.25) is 6.10 Å². The quantitative estimate of drug-likeness (QED) is 0.585. The molecule has 7 heteroatoms. The summed E-state index contributed by atoms with van der Waals surface area (Å²) in [6.07, 6.45) is -3.03. The Kier molecular flexibility index (Phi) is 6.68. The van der Waals surface area contributed by atoms with Gasteiger partial charge in [-0.3, -0.25) is 4.79 Å². The Balaban J connectivity index is 1.99. The van der Waals surface area contributed by atoms with Gasteiger partial charge in [0.05, 0.1) is 0 Å². The number of benzene rings is 2. The van der Waals surface area contributed by atoms with Gasteiger partial charge < -0.3 is 20.1 Å². The minimum atomic E-state index is -1.55. The highest BCUT2D eigenvalue weighted by molar-refractivity contribution is 5.86. The summed E-state index contributed by atoms with van der Waals surface area (Å²) in [4.78, 5) is 33.8. The third kappa shape index (κ3) is 5.29. The molecule has 26 heavy (non-hydrogen) atoms. The summed E-state index contributed by atoms with van der Waals surface area (Å²) in [5.41, 5.74) is 0.754. The standard InChI is InChI=1S/C19H20O7/c20-15(18(22)23)9-4-10-17(21)26-16(19(24)25)11-13-7-3-6-12-5-1-2-8-14(12)13/h1-3,5-8,15-16,20H,4,9-11H2,(H,22,23)(H,24,25). The van der Waals surface area contributed by atoms with E-state index in [-0.39, 0.29) is 25.7 Å². The zero-order valence-corrected chi connectivity index (χ0v) is 14.0. The van der Waals surface area contributed by atoms with Crippen molar-refractivity contribution in [2.75, 3.05) is 0 Å². The van der Waals surface area contributed by atoms with Crippen molar-refractivity contribution in [2.24, 2.45) is 0 Å². The van der Waals surface area contributed by atoms with Crippen LogP contribution in [0.4, 0.5) is 0 Å². The summed E-state index contributed by atoms with van der Waals surface area (Å²) in [6.45, 7) is 0. The zero-order chi connectivity index (χ0) is 19.1. The zero-order valence-electron chi connectivity index (χ0n) is 14.0. The van der Waals surface area contributed by atoms with E-state index >= 15 is 0 Å². The molecule has 0 bridgehead atoms. The summed E-state index contributed by atoms with van der Waals surface area (Å²) in [5.74, 6) is -3.36. The predicted octanol–water partition coefficient (Wildman–Crippen LogP) is 1.99. The van der Waals surface area contributed by atoms with Crippen LogP contribution < -0.4 is 0 Å². The third-order valence-electron chi connectivity index (χ3n) is 3.98. The molecule has 0 saturated carbocycles. The number of carboxylic acid groups (broad SMARTS) is 2. The highest BCUT2D eigenvalue weighted by Crippen LogP contribution is 2.21. The Bertz CT molecular complexity index is 794. The van der Waals surface area contributed by atoms with Crippen LogP contribution in [0.2, 0.25) is 0 Å². The van der Waals surface area contributed by atoms with Crippen LogP contribution in [0.3, 0.4) is 0 Å². The van der Waals surface area contributed by atoms with E-state index in [0.717, 1.165) is 16.3 Å². The fourth-order valence-corrected chi connectivity index (χ4v) is 2.63. The second-order valence-electron chi connectivity index (χ2n) is 5.91. The van der Waals surface area contributed by atoms with Crippen molar-refractivity contribution in [1.29, 1.82) is 0 Å². The molecule has 0 amide bonds. The van der Waals surface area contributed by atoms with Crippen LogP contribution in [0.1, 0.15) is 24.8 Å². The van der Waals surface area contributed by atoms with E-state index in [9.17, 15) is 19.5 Å². The number of carboxylic acids is 2. The Labute approximate surface area is 149 Å². The van der Waals surface area contributed by atoms with Gasteiger partial charge in [0.15, 0.2) is 6.10 Å². The summed E-state index contributed by atoms with van der Waals surface area (Å²) >= 11 is 0. The number of hydrogen-bond acceptors (Lipinski definition) is 5. The second-order valence-corrected chi connectivity index (χ2v) is 5.91. The number of ether oxygens (including phenoxy) is 1. The number of aliphatic carboxylic acids is 2. The van der Waals surface area contributed by atoms with Crippen molar-refractivity contribution in [3.8, 4) is 0 Å². The molecule has 2 aromatic rings. The van der Waals surface area contributed by atoms with Crippen molar-refractivity contribution >= 4 is 28.7 Å². The number of aliphatic hydroxyl groups excluding tert-OH is 1. The van der Waals surface area contributed by atoms with E-state index in [1.165, 1.54) is 0 Å². The summed E-state index contributed by atoms with van der Waals surface area (Å²) in [7, 11) is 0. The van der Waals surface area contributed by atoms with Gasteiger partial charge in [-0.2, -0.15) is 0 Å². The minimum absolute atomic E-state index is 0.0280. The second kappa shape index (κ2) is 8.96. The molecule has 0 aliphatic carbocycles. The SMILES string of the molecule is O=C(CCCC(O)C(=O)O)OC(Cc1cccc2ccccc12)C(=O)O. The van der Waals surface area contributed by atoms with Crippen LogP contribution in [0.15, 0.2) is 42.5 Å². The van der Waals surface area contributed by atoms with Crippen molar-refractivity contribution in [2.45, 2.75) is 37.9 Å².